The fourth-order valence-electron chi connectivity index (χ4n) is 4.54. The summed E-state index contributed by atoms with van der Waals surface area (Å²) in [5, 5.41) is 11.0. The van der Waals surface area contributed by atoms with Gasteiger partial charge in [-0.2, -0.15) is 0 Å². The second-order valence-corrected chi connectivity index (χ2v) is 8.98. The number of carbonyl (C=O) groups excluding carboxylic acids is 1. The van der Waals surface area contributed by atoms with Crippen molar-refractivity contribution in [1.82, 2.24) is 4.90 Å². The molecule has 6 heteroatoms. The van der Waals surface area contributed by atoms with Gasteiger partial charge in [-0.1, -0.05) is 54.6 Å². The first kappa shape index (κ1) is 28.0. The van der Waals surface area contributed by atoms with E-state index in [0.29, 0.717) is 6.61 Å². The van der Waals surface area contributed by atoms with Crippen molar-refractivity contribution in [3.8, 4) is 11.5 Å². The van der Waals surface area contributed by atoms with E-state index in [1.165, 1.54) is 16.7 Å². The molecule has 36 heavy (non-hydrogen) atoms. The van der Waals surface area contributed by atoms with Gasteiger partial charge < -0.3 is 19.4 Å². The Bertz CT molecular complexity index is 1160. The molecule has 1 aliphatic heterocycles. The van der Waals surface area contributed by atoms with E-state index in [0.717, 1.165) is 48.7 Å². The van der Waals surface area contributed by atoms with Gasteiger partial charge in [0.05, 0.1) is 7.11 Å². The van der Waals surface area contributed by atoms with Crippen molar-refractivity contribution < 1.29 is 48.9 Å². The molecule has 0 aliphatic carbocycles. The van der Waals surface area contributed by atoms with Gasteiger partial charge in [0.1, 0.15) is 18.1 Å². The molecule has 1 heterocycles. The van der Waals surface area contributed by atoms with Crippen LogP contribution in [0.15, 0.2) is 78.9 Å². The Hall–Kier alpha value is -2.57. The summed E-state index contributed by atoms with van der Waals surface area (Å²) in [6.45, 7) is 5.29. The van der Waals surface area contributed by atoms with Gasteiger partial charge in [-0.25, -0.2) is 0 Å². The van der Waals surface area contributed by atoms with Gasteiger partial charge in [0, 0.05) is 31.5 Å². The van der Waals surface area contributed by atoms with Crippen LogP contribution in [0, 0.1) is 0 Å². The van der Waals surface area contributed by atoms with Gasteiger partial charge in [0.25, 0.3) is 0 Å². The van der Waals surface area contributed by atoms with Gasteiger partial charge in [-0.15, -0.1) is 0 Å². The number of benzene rings is 3. The number of hydrogen-bond donors (Lipinski definition) is 0. The zero-order chi connectivity index (χ0) is 24.6. The van der Waals surface area contributed by atoms with Crippen LogP contribution >= 0.6 is 0 Å². The maximum Gasteiger partial charge on any atom is 1.00 e. The molecule has 3 aromatic rings. The summed E-state index contributed by atoms with van der Waals surface area (Å²) >= 11 is 0. The quantitative estimate of drug-likeness (QED) is 0.318. The fraction of sp³-hybridized carbons (Fsp3) is 0.300. The van der Waals surface area contributed by atoms with Crippen molar-refractivity contribution in [1.29, 1.82) is 0 Å². The van der Waals surface area contributed by atoms with Gasteiger partial charge in [-0.3, -0.25) is 4.90 Å². The van der Waals surface area contributed by atoms with Crippen molar-refractivity contribution in [2.24, 2.45) is 0 Å². The Labute approximate surface area is 236 Å². The smallest absolute Gasteiger partial charge is 0.550 e. The number of allylic oxidation sites excluding steroid dienone is 2. The van der Waals surface area contributed by atoms with Gasteiger partial charge in [0.2, 0.25) is 0 Å². The first-order valence-electron chi connectivity index (χ1n) is 12.1. The predicted molar refractivity (Wildman–Crippen MR) is 135 cm³/mol. The molecule has 3 aromatic carbocycles. The number of hydrogen-bond acceptors (Lipinski definition) is 5. The molecular formula is C30H32NNaO4. The third-order valence-corrected chi connectivity index (χ3v) is 6.46. The van der Waals surface area contributed by atoms with E-state index < -0.39 is 5.97 Å². The number of nitrogens with zero attached hydrogens (tertiary/aromatic N) is 1. The Balaban J connectivity index is 0.00000361. The second-order valence-electron chi connectivity index (χ2n) is 8.98. The Morgan fingerprint density at radius 3 is 2.36 bits per heavy atom. The van der Waals surface area contributed by atoms with Crippen LogP contribution in [0.5, 0.6) is 11.5 Å². The average Bonchev–Trinajstić information content (AvgIpc) is 2.88. The van der Waals surface area contributed by atoms with Crippen molar-refractivity contribution in [3.63, 3.8) is 0 Å². The minimum absolute atomic E-state index is 0. The molecular weight excluding hydrogens is 461 g/mol. The number of aliphatic carboxylic acids is 1. The molecule has 0 spiro atoms. The number of ether oxygens (including phenoxy) is 2. The van der Waals surface area contributed by atoms with Crippen LogP contribution < -0.4 is 44.1 Å². The number of carbonyl (C=O) groups is 1. The van der Waals surface area contributed by atoms with Gasteiger partial charge in [0.15, 0.2) is 0 Å². The largest absolute Gasteiger partial charge is 1.00 e. The standard InChI is InChI=1S/C30H33NO4.Na/c1-3-4-25(18-30(32)33)24-9-12-28(13-10-24)35-21-23-7-5-22(6-8-23)19-31-16-15-26-17-29(34-2)14-11-27(26)20-31;/h3-14,17,25H,15-16,18-21H2,1-2H3,(H,32,33);/q;+1/p-1/t25-;/m1./s1. The van der Waals surface area contributed by atoms with E-state index in [9.17, 15) is 9.90 Å². The SMILES string of the molecule is CC=C[C@H](CC(=O)[O-])c1ccc(OCc2ccc(CN3CCc4cc(OC)ccc4C3)cc2)cc1.[Na+]. The van der Waals surface area contributed by atoms with E-state index in [1.807, 2.05) is 49.4 Å². The summed E-state index contributed by atoms with van der Waals surface area (Å²) < 4.78 is 11.3. The second kappa shape index (κ2) is 13.7. The van der Waals surface area contributed by atoms with Crippen LogP contribution in [-0.4, -0.2) is 24.5 Å². The molecule has 0 aromatic heterocycles. The van der Waals surface area contributed by atoms with E-state index >= 15 is 0 Å². The zero-order valence-electron chi connectivity index (χ0n) is 21.4. The summed E-state index contributed by atoms with van der Waals surface area (Å²) in [7, 11) is 1.71. The number of rotatable bonds is 10. The van der Waals surface area contributed by atoms with E-state index in [2.05, 4.69) is 41.3 Å². The molecule has 0 bridgehead atoms. The van der Waals surface area contributed by atoms with Crippen molar-refractivity contribution in [3.05, 3.63) is 107 Å². The third kappa shape index (κ3) is 7.71. The first-order valence-corrected chi connectivity index (χ1v) is 12.1. The minimum atomic E-state index is -1.05. The number of fused-ring (bicyclic) bond motifs is 1. The van der Waals surface area contributed by atoms with Crippen LogP contribution in [0.25, 0.3) is 0 Å². The summed E-state index contributed by atoms with van der Waals surface area (Å²) in [4.78, 5) is 13.5. The first-order chi connectivity index (χ1) is 17.0. The maximum atomic E-state index is 11.0. The summed E-state index contributed by atoms with van der Waals surface area (Å²) in [5.74, 6) is 0.444. The van der Waals surface area contributed by atoms with Crippen LogP contribution in [-0.2, 0) is 30.9 Å². The van der Waals surface area contributed by atoms with Crippen molar-refractivity contribution in [2.75, 3.05) is 13.7 Å². The molecule has 182 valence electrons. The molecule has 0 saturated heterocycles. The molecule has 0 amide bonds. The predicted octanol–water partition coefficient (Wildman–Crippen LogP) is 1.64. The molecule has 0 unspecified atom stereocenters. The topological polar surface area (TPSA) is 61.8 Å². The molecule has 4 rings (SSSR count). The van der Waals surface area contributed by atoms with Crippen LogP contribution in [0.3, 0.4) is 0 Å². The fourth-order valence-corrected chi connectivity index (χ4v) is 4.54. The molecule has 0 radical (unpaired) electrons. The maximum absolute atomic E-state index is 11.0. The van der Waals surface area contributed by atoms with Crippen LogP contribution in [0.1, 0.15) is 47.1 Å². The summed E-state index contributed by atoms with van der Waals surface area (Å²) in [6.07, 6.45) is 4.76. The Morgan fingerprint density at radius 1 is 1.00 bits per heavy atom. The third-order valence-electron chi connectivity index (χ3n) is 6.46. The molecule has 5 nitrogen and oxygen atoms in total. The number of carboxylic acids is 1. The van der Waals surface area contributed by atoms with Crippen LogP contribution in [0.4, 0.5) is 0 Å². The van der Waals surface area contributed by atoms with E-state index in [-0.39, 0.29) is 41.9 Å². The Kier molecular flexibility index (Phi) is 10.6. The normalized spacial score (nSPS) is 14.1. The molecule has 0 N–H and O–H groups in total. The van der Waals surface area contributed by atoms with Crippen LogP contribution in [0.2, 0.25) is 0 Å². The van der Waals surface area contributed by atoms with Crippen molar-refractivity contribution in [2.45, 2.75) is 45.4 Å². The van der Waals surface area contributed by atoms with E-state index in [1.54, 1.807) is 7.11 Å². The van der Waals surface area contributed by atoms with Crippen molar-refractivity contribution >= 4 is 5.97 Å². The molecule has 0 fully saturated rings. The molecule has 0 saturated carbocycles. The average molecular weight is 494 g/mol. The molecule has 1 atom stereocenters. The minimum Gasteiger partial charge on any atom is -0.550 e. The zero-order valence-corrected chi connectivity index (χ0v) is 23.4. The van der Waals surface area contributed by atoms with Gasteiger partial charge >= 0.3 is 29.6 Å². The summed E-state index contributed by atoms with van der Waals surface area (Å²) in [6, 6.07) is 22.6. The van der Waals surface area contributed by atoms with Gasteiger partial charge in [-0.05, 0) is 71.8 Å². The monoisotopic (exact) mass is 493 g/mol. The Morgan fingerprint density at radius 2 is 1.69 bits per heavy atom. The summed E-state index contributed by atoms with van der Waals surface area (Å²) in [5.41, 5.74) is 6.10. The molecule has 1 aliphatic rings. The number of carboxylic acid groups (broad SMARTS) is 1. The van der Waals surface area contributed by atoms with E-state index in [4.69, 9.17) is 9.47 Å². The number of methoxy groups -OCH3 is 1.